The molecule has 0 bridgehead atoms. The first-order chi connectivity index (χ1) is 20.0. The molecule has 5 rings (SSSR count). The largest absolute Gasteiger partial charge is 0.478 e. The van der Waals surface area contributed by atoms with Gasteiger partial charge in [0.05, 0.1) is 6.54 Å². The van der Waals surface area contributed by atoms with Gasteiger partial charge in [0.15, 0.2) is 0 Å². The van der Waals surface area contributed by atoms with E-state index in [0.29, 0.717) is 31.4 Å². The maximum atomic E-state index is 13.7. The van der Waals surface area contributed by atoms with Gasteiger partial charge in [0, 0.05) is 18.0 Å². The quantitative estimate of drug-likeness (QED) is 0.316. The minimum absolute atomic E-state index is 0.0649. The fourth-order valence-corrected chi connectivity index (χ4v) is 6.03. The van der Waals surface area contributed by atoms with Gasteiger partial charge >= 0.3 is 18.2 Å². The number of aromatic carboxylic acids is 1. The van der Waals surface area contributed by atoms with Crippen molar-refractivity contribution in [3.8, 4) is 11.1 Å². The van der Waals surface area contributed by atoms with Gasteiger partial charge in [0.2, 0.25) is 0 Å². The summed E-state index contributed by atoms with van der Waals surface area (Å²) in [5.41, 5.74) is 4.03. The number of hydrogen-bond donors (Lipinski definition) is 2. The van der Waals surface area contributed by atoms with Crippen LogP contribution < -0.4 is 5.32 Å². The predicted molar refractivity (Wildman–Crippen MR) is 156 cm³/mol. The molecule has 2 aliphatic rings. The average Bonchev–Trinajstić information content (AvgIpc) is 3.47. The molecule has 0 radical (unpaired) electrons. The van der Waals surface area contributed by atoms with E-state index in [1.807, 2.05) is 45.0 Å². The van der Waals surface area contributed by atoms with Crippen LogP contribution in [0, 0.1) is 6.92 Å². The molecule has 0 atom stereocenters. The summed E-state index contributed by atoms with van der Waals surface area (Å²) < 4.78 is 17.1. The van der Waals surface area contributed by atoms with E-state index in [0.717, 1.165) is 22.3 Å². The summed E-state index contributed by atoms with van der Waals surface area (Å²) in [5, 5.41) is 12.4. The van der Waals surface area contributed by atoms with Gasteiger partial charge in [0.25, 0.3) is 0 Å². The Morgan fingerprint density at radius 3 is 2.12 bits per heavy atom. The van der Waals surface area contributed by atoms with Gasteiger partial charge in [-0.25, -0.2) is 14.4 Å². The second-order valence-electron chi connectivity index (χ2n) is 12.1. The van der Waals surface area contributed by atoms with E-state index in [4.69, 9.17) is 13.9 Å². The van der Waals surface area contributed by atoms with Crippen molar-refractivity contribution < 1.29 is 33.4 Å². The van der Waals surface area contributed by atoms with Crippen LogP contribution in [0.1, 0.15) is 85.4 Å². The number of nitrogens with one attached hydrogen (secondary N) is 1. The molecule has 3 aromatic rings. The number of nitrogens with zero attached hydrogens (tertiary/aromatic N) is 1. The molecule has 42 heavy (non-hydrogen) atoms. The van der Waals surface area contributed by atoms with Gasteiger partial charge in [0.1, 0.15) is 29.3 Å². The lowest BCUT2D eigenvalue weighted by atomic mass is 9.90. The summed E-state index contributed by atoms with van der Waals surface area (Å²) >= 11 is 0. The normalized spacial score (nSPS) is 18.1. The number of hydrogen-bond acceptors (Lipinski definition) is 6. The molecular formula is C33H38N2O7. The van der Waals surface area contributed by atoms with E-state index in [-0.39, 0.29) is 42.5 Å². The molecule has 0 aliphatic heterocycles. The predicted octanol–water partition coefficient (Wildman–Crippen LogP) is 6.87. The number of rotatable bonds is 7. The minimum atomic E-state index is -1.08. The summed E-state index contributed by atoms with van der Waals surface area (Å²) in [4.78, 5) is 39.3. The number of alkyl carbamates (subject to hydrolysis) is 1. The average molecular weight is 575 g/mol. The smallest absolute Gasteiger partial charge is 0.410 e. The number of fused-ring (bicyclic) bond motifs is 3. The number of carboxylic acids is 1. The van der Waals surface area contributed by atoms with E-state index in [2.05, 4.69) is 29.6 Å². The fraction of sp³-hybridized carbons (Fsp3) is 0.424. The minimum Gasteiger partial charge on any atom is -0.478 e. The Balaban J connectivity index is 1.30. The maximum Gasteiger partial charge on any atom is 0.410 e. The Labute approximate surface area is 245 Å². The van der Waals surface area contributed by atoms with Crippen LogP contribution in [0.5, 0.6) is 0 Å². The third kappa shape index (κ3) is 6.45. The van der Waals surface area contributed by atoms with E-state index >= 15 is 0 Å². The lowest BCUT2D eigenvalue weighted by molar-refractivity contribution is 0.0449. The van der Waals surface area contributed by atoms with Crippen LogP contribution in [0.3, 0.4) is 0 Å². The van der Waals surface area contributed by atoms with E-state index in [9.17, 15) is 19.5 Å². The Morgan fingerprint density at radius 1 is 0.976 bits per heavy atom. The number of benzene rings is 2. The number of aryl methyl sites for hydroxylation is 1. The van der Waals surface area contributed by atoms with Crippen molar-refractivity contribution in [2.24, 2.45) is 0 Å². The van der Waals surface area contributed by atoms with Crippen molar-refractivity contribution in [3.63, 3.8) is 0 Å². The first-order valence-corrected chi connectivity index (χ1v) is 14.4. The Kier molecular flexibility index (Phi) is 8.29. The van der Waals surface area contributed by atoms with Crippen LogP contribution in [-0.2, 0) is 16.0 Å². The van der Waals surface area contributed by atoms with Gasteiger partial charge in [-0.05, 0) is 81.7 Å². The second kappa shape index (κ2) is 11.9. The SMILES string of the molecule is Cc1oc(CN(C(=O)OCC2c3ccccc3-c3ccccc32)C2CCC(NC(=O)OC(C)(C)C)CC2)cc1C(=O)O. The summed E-state index contributed by atoms with van der Waals surface area (Å²) in [6, 6.07) is 17.6. The highest BCUT2D eigenvalue weighted by Gasteiger charge is 2.34. The maximum absolute atomic E-state index is 13.7. The highest BCUT2D eigenvalue weighted by atomic mass is 16.6. The monoisotopic (exact) mass is 574 g/mol. The molecule has 2 aliphatic carbocycles. The molecule has 1 aromatic heterocycles. The molecule has 1 saturated carbocycles. The molecule has 0 saturated heterocycles. The van der Waals surface area contributed by atoms with Crippen molar-refractivity contribution in [1.82, 2.24) is 10.2 Å². The van der Waals surface area contributed by atoms with Crippen LogP contribution >= 0.6 is 0 Å². The van der Waals surface area contributed by atoms with Gasteiger partial charge in [-0.15, -0.1) is 0 Å². The van der Waals surface area contributed by atoms with Crippen LogP contribution in [-0.4, -0.2) is 52.5 Å². The fourth-order valence-electron chi connectivity index (χ4n) is 6.03. The first kappa shape index (κ1) is 29.2. The van der Waals surface area contributed by atoms with Crippen LogP contribution in [0.25, 0.3) is 11.1 Å². The third-order valence-electron chi connectivity index (χ3n) is 7.95. The van der Waals surface area contributed by atoms with E-state index in [1.165, 1.54) is 6.07 Å². The zero-order chi connectivity index (χ0) is 30.0. The number of amides is 2. The van der Waals surface area contributed by atoms with Gasteiger partial charge < -0.3 is 24.3 Å². The summed E-state index contributed by atoms with van der Waals surface area (Å²) in [7, 11) is 0. The van der Waals surface area contributed by atoms with Crippen molar-refractivity contribution in [1.29, 1.82) is 0 Å². The highest BCUT2D eigenvalue weighted by Crippen LogP contribution is 2.44. The van der Waals surface area contributed by atoms with Gasteiger partial charge in [-0.2, -0.15) is 0 Å². The summed E-state index contributed by atoms with van der Waals surface area (Å²) in [5.74, 6) is -0.493. The molecule has 2 aromatic carbocycles. The molecule has 222 valence electrons. The Bertz CT molecular complexity index is 1420. The molecule has 9 heteroatoms. The van der Waals surface area contributed by atoms with Crippen LogP contribution in [0.15, 0.2) is 59.0 Å². The molecule has 1 fully saturated rings. The van der Waals surface area contributed by atoms with Crippen molar-refractivity contribution in [2.75, 3.05) is 6.61 Å². The van der Waals surface area contributed by atoms with Crippen molar-refractivity contribution >= 4 is 18.2 Å². The molecule has 9 nitrogen and oxygen atoms in total. The Morgan fingerprint density at radius 2 is 1.57 bits per heavy atom. The van der Waals surface area contributed by atoms with Crippen LogP contribution in [0.4, 0.5) is 9.59 Å². The highest BCUT2D eigenvalue weighted by molar-refractivity contribution is 5.88. The van der Waals surface area contributed by atoms with Gasteiger partial charge in [-0.1, -0.05) is 48.5 Å². The standard InChI is InChI=1S/C33H38N2O7/c1-20-28(30(36)37)17-23(41-20)18-35(22-15-13-21(14-16-22)34-31(38)42-33(2,3)4)32(39)40-19-29-26-11-7-5-9-24(26)25-10-6-8-12-27(25)29/h5-12,17,21-22,29H,13-16,18-19H2,1-4H3,(H,34,38)(H,36,37). The second-order valence-corrected chi connectivity index (χ2v) is 12.1. The lowest BCUT2D eigenvalue weighted by Crippen LogP contribution is -2.47. The zero-order valence-electron chi connectivity index (χ0n) is 24.5. The Hall–Kier alpha value is -4.27. The lowest BCUT2D eigenvalue weighted by Gasteiger charge is -2.36. The number of furan rings is 1. The van der Waals surface area contributed by atoms with Crippen molar-refractivity contribution in [2.45, 2.75) is 83.5 Å². The molecule has 2 amide bonds. The first-order valence-electron chi connectivity index (χ1n) is 14.4. The van der Waals surface area contributed by atoms with Gasteiger partial charge in [-0.3, -0.25) is 4.90 Å². The zero-order valence-corrected chi connectivity index (χ0v) is 24.5. The third-order valence-corrected chi connectivity index (χ3v) is 7.95. The van der Waals surface area contributed by atoms with E-state index in [1.54, 1.807) is 11.8 Å². The number of carbonyl (C=O) groups excluding carboxylic acids is 2. The molecule has 0 unspecified atom stereocenters. The molecule has 1 heterocycles. The molecular weight excluding hydrogens is 536 g/mol. The number of carbonyl (C=O) groups is 3. The molecule has 2 N–H and O–H groups in total. The number of ether oxygens (including phenoxy) is 2. The summed E-state index contributed by atoms with van der Waals surface area (Å²) in [6.07, 6.45) is 1.66. The topological polar surface area (TPSA) is 118 Å². The summed E-state index contributed by atoms with van der Waals surface area (Å²) in [6.45, 7) is 7.32. The number of carboxylic acid groups (broad SMARTS) is 1. The van der Waals surface area contributed by atoms with Crippen LogP contribution in [0.2, 0.25) is 0 Å². The van der Waals surface area contributed by atoms with Crippen molar-refractivity contribution in [3.05, 3.63) is 82.8 Å². The van der Waals surface area contributed by atoms with E-state index < -0.39 is 23.8 Å². The molecule has 0 spiro atoms.